The first kappa shape index (κ1) is 71.3. The summed E-state index contributed by atoms with van der Waals surface area (Å²) in [5.74, 6) is 5.01. The minimum Gasteiger partial charge on any atom is -0.369 e. The van der Waals surface area contributed by atoms with Crippen LogP contribution in [0.2, 0.25) is 0 Å². The molecule has 2 aliphatic carbocycles. The third-order valence-electron chi connectivity index (χ3n) is 20.1. The van der Waals surface area contributed by atoms with Gasteiger partial charge in [0.05, 0.1) is 49.7 Å². The van der Waals surface area contributed by atoms with Gasteiger partial charge in [-0.25, -0.2) is 51.5 Å². The number of fused-ring (bicyclic) bond motifs is 2. The summed E-state index contributed by atoms with van der Waals surface area (Å²) in [5, 5.41) is 36.6. The number of sulfonamides is 2. The van der Waals surface area contributed by atoms with Gasteiger partial charge in [0.1, 0.15) is 17.5 Å². The summed E-state index contributed by atoms with van der Waals surface area (Å²) in [7, 11) is 4.96. The molecule has 11 heterocycles. The molecule has 2 bridgehead atoms. The number of nitrogens with one attached hydrogen (secondary N) is 4. The first-order chi connectivity index (χ1) is 50.6. The second kappa shape index (κ2) is 30.6. The Bertz CT molecular complexity index is 5280. The van der Waals surface area contributed by atoms with Gasteiger partial charge in [-0.1, -0.05) is 61.0 Å². The highest BCUT2D eigenvalue weighted by Gasteiger charge is 2.50. The van der Waals surface area contributed by atoms with E-state index in [0.29, 0.717) is 41.7 Å². The van der Waals surface area contributed by atoms with Crippen molar-refractivity contribution in [2.45, 2.75) is 94.4 Å². The zero-order valence-electron chi connectivity index (χ0n) is 60.1. The average molecular weight is 1450 g/mol. The van der Waals surface area contributed by atoms with Crippen LogP contribution in [-0.4, -0.2) is 166 Å². The fourth-order valence-corrected chi connectivity index (χ4v) is 16.8. The lowest BCUT2D eigenvalue weighted by atomic mass is 9.86. The van der Waals surface area contributed by atoms with E-state index in [-0.39, 0.29) is 30.2 Å². The summed E-state index contributed by atoms with van der Waals surface area (Å²) in [6, 6.07) is 24.9. The Kier molecular flexibility index (Phi) is 20.8. The van der Waals surface area contributed by atoms with Crippen LogP contribution in [0.25, 0.3) is 101 Å². The predicted octanol–water partition coefficient (Wildman–Crippen LogP) is 9.87. The van der Waals surface area contributed by atoms with Crippen LogP contribution in [0.5, 0.6) is 0 Å². The van der Waals surface area contributed by atoms with Gasteiger partial charge in [0.2, 0.25) is 20.0 Å². The van der Waals surface area contributed by atoms with E-state index in [1.165, 1.54) is 18.9 Å². The number of aryl methyl sites for hydroxylation is 6. The van der Waals surface area contributed by atoms with Crippen LogP contribution in [0.4, 0.5) is 17.5 Å². The van der Waals surface area contributed by atoms with Crippen LogP contribution < -0.4 is 26.4 Å². The Morgan fingerprint density at radius 1 is 0.438 bits per heavy atom. The van der Waals surface area contributed by atoms with Crippen LogP contribution in [0.15, 0.2) is 166 Å². The summed E-state index contributed by atoms with van der Waals surface area (Å²) >= 11 is 0. The molecule has 28 nitrogen and oxygen atoms in total. The first-order valence-electron chi connectivity index (χ1n) is 35.4. The van der Waals surface area contributed by atoms with E-state index >= 15 is 0 Å². The third kappa shape index (κ3) is 17.0. The Morgan fingerprint density at radius 2 is 0.838 bits per heavy atom. The average Bonchev–Trinajstić information content (AvgIpc) is 1.60. The smallest absolute Gasteiger partial charge is 0.211 e. The van der Waals surface area contributed by atoms with Crippen LogP contribution >= 0.6 is 0 Å². The fourth-order valence-electron chi connectivity index (χ4n) is 14.8. The van der Waals surface area contributed by atoms with Crippen LogP contribution in [-0.2, 0) is 62.3 Å². The second-order valence-electron chi connectivity index (χ2n) is 28.1. The molecule has 0 amide bonds. The van der Waals surface area contributed by atoms with Gasteiger partial charge in [0.25, 0.3) is 0 Å². The maximum Gasteiger partial charge on any atom is 0.211 e. The Balaban J connectivity index is 0.000000133. The quantitative estimate of drug-likeness (QED) is 0.0473. The van der Waals surface area contributed by atoms with Crippen LogP contribution in [0.1, 0.15) is 64.2 Å². The molecule has 9 aromatic heterocycles. The highest BCUT2D eigenvalue weighted by molar-refractivity contribution is 7.88. The van der Waals surface area contributed by atoms with E-state index in [2.05, 4.69) is 81.6 Å². The molecule has 0 radical (unpaired) electrons. The van der Waals surface area contributed by atoms with Crippen molar-refractivity contribution in [2.24, 2.45) is 59.9 Å². The molecule has 6 N–H and O–H groups in total. The fraction of sp³-hybridized carbons (Fsp3) is 0.360. The van der Waals surface area contributed by atoms with Gasteiger partial charge >= 0.3 is 0 Å². The molecule has 2 aliphatic heterocycles. The molecular formula is C75H88N24O4S2. The number of nitrogens with zero attached hydrogens (tertiary/aromatic N) is 19. The molecule has 0 spiro atoms. The van der Waals surface area contributed by atoms with Crippen molar-refractivity contribution in [1.82, 2.24) is 97.6 Å². The molecule has 2 saturated carbocycles. The van der Waals surface area contributed by atoms with Crippen molar-refractivity contribution in [1.29, 1.82) is 0 Å². The summed E-state index contributed by atoms with van der Waals surface area (Å²) < 4.78 is 62.8. The Morgan fingerprint density at radius 3 is 1.22 bits per heavy atom. The highest BCUT2D eigenvalue weighted by Crippen LogP contribution is 2.43. The lowest BCUT2D eigenvalue weighted by molar-refractivity contribution is 0.337. The minimum atomic E-state index is -3.26. The lowest BCUT2D eigenvalue weighted by Gasteiger charge is -2.30. The lowest BCUT2D eigenvalue weighted by Crippen LogP contribution is -2.39. The molecule has 105 heavy (non-hydrogen) atoms. The molecule has 16 rings (SSSR count). The van der Waals surface area contributed by atoms with Gasteiger partial charge in [0.15, 0.2) is 17.5 Å². The molecule has 30 heteroatoms. The molecule has 4 fully saturated rings. The van der Waals surface area contributed by atoms with Crippen molar-refractivity contribution in [3.05, 3.63) is 166 Å². The van der Waals surface area contributed by atoms with Gasteiger partial charge in [-0.3, -0.25) is 28.1 Å². The second-order valence-corrected chi connectivity index (χ2v) is 31.8. The topological polar surface area (TPSA) is 330 Å². The SMILES string of the molecule is Cn1cc(-c2cccc(-c3ncc(-c4cnn(C)c4)c(NC4CC5CCC4N5S(C)(=O)=O)n3)c2)cn1.Cn1cc(-c2cccc(-c3ncc(-c4cnn(C)c4)c(NC4CCC(CNS(C)(=O)=O)CC4)n3)c2)cn1.Cn1cc(-c2cccc(-c3ncc(-c4cnn(C)c4)c(NCC4CCCC4N)n3)c2)cn1. The molecule has 3 aromatic carbocycles. The molecule has 544 valence electrons. The predicted molar refractivity (Wildman–Crippen MR) is 407 cm³/mol. The molecule has 5 unspecified atom stereocenters. The Hall–Kier alpha value is -10.7. The summed E-state index contributed by atoms with van der Waals surface area (Å²) in [5.41, 5.74) is 20.9. The summed E-state index contributed by atoms with van der Waals surface area (Å²) in [4.78, 5) is 29.0. The van der Waals surface area contributed by atoms with Gasteiger partial charge in [-0.05, 0) is 105 Å². The van der Waals surface area contributed by atoms with Gasteiger partial charge in [0, 0.05) is 208 Å². The normalized spacial score (nSPS) is 19.4. The zero-order chi connectivity index (χ0) is 73.1. The van der Waals surface area contributed by atoms with E-state index in [0.717, 1.165) is 159 Å². The first-order valence-corrected chi connectivity index (χ1v) is 39.1. The largest absolute Gasteiger partial charge is 0.369 e. The number of nitrogens with two attached hydrogens (primary N) is 1. The highest BCUT2D eigenvalue weighted by atomic mass is 32.2. The number of hydrogen-bond acceptors (Lipinski definition) is 20. The van der Waals surface area contributed by atoms with Crippen molar-refractivity contribution < 1.29 is 16.8 Å². The Labute approximate surface area is 611 Å². The maximum atomic E-state index is 12.4. The summed E-state index contributed by atoms with van der Waals surface area (Å²) in [6.07, 6.45) is 40.6. The molecule has 5 atom stereocenters. The standard InChI is InChI=1S/C26H32N8O2S.C25H28N8O2S.C24H28N8/c1-33-16-21(13-28-33)19-5-4-6-20(11-19)25-27-15-24(22-14-29-34(2)17-22)26(32-25)31-23-9-7-18(8-10-23)12-30-37(3,35)36;1-31-14-18(11-27-31)16-5-4-6-17(9-16)24-26-13-21(19-12-28-32(2)15-19)25(30-24)29-22-10-20-7-8-23(22)33(20)36(3,34)35;1-31-14-19(11-28-31)16-5-3-6-17(9-16)23-27-13-21(20-12-29-32(2)15-20)24(30-23)26-10-18-7-4-8-22(18)25/h4-6,11,13-18,23,30H,7-10,12H2,1-3H3,(H,27,31,32);4-6,9,11-15,20,22-23H,7-8,10H2,1-3H3,(H,26,29,30);3,5-6,9,11-15,18,22H,4,7-8,10,25H2,1-2H3,(H,26,27,30). The number of rotatable bonds is 20. The van der Waals surface area contributed by atoms with Gasteiger partial charge in [-0.2, -0.15) is 34.9 Å². The van der Waals surface area contributed by atoms with Crippen LogP contribution in [0, 0.1) is 11.8 Å². The van der Waals surface area contributed by atoms with Crippen LogP contribution in [0.3, 0.4) is 0 Å². The summed E-state index contributed by atoms with van der Waals surface area (Å²) in [6.45, 7) is 1.30. The number of benzene rings is 3. The van der Waals surface area contributed by atoms with E-state index in [4.69, 9.17) is 35.6 Å². The van der Waals surface area contributed by atoms with E-state index in [1.807, 2.05) is 172 Å². The third-order valence-corrected chi connectivity index (χ3v) is 22.2. The number of anilines is 3. The van der Waals surface area contributed by atoms with Crippen molar-refractivity contribution in [3.8, 4) is 101 Å². The van der Waals surface area contributed by atoms with Crippen molar-refractivity contribution >= 4 is 37.5 Å². The zero-order valence-corrected chi connectivity index (χ0v) is 61.8. The number of aromatic nitrogens is 18. The maximum absolute atomic E-state index is 12.4. The molecule has 4 aliphatic rings. The van der Waals surface area contributed by atoms with Gasteiger partial charge < -0.3 is 21.7 Å². The van der Waals surface area contributed by atoms with E-state index in [1.54, 1.807) is 38.6 Å². The van der Waals surface area contributed by atoms with Crippen molar-refractivity contribution in [2.75, 3.05) is 41.6 Å². The molecular weight excluding hydrogens is 1370 g/mol. The monoisotopic (exact) mass is 1450 g/mol. The number of hydrogen-bond donors (Lipinski definition) is 5. The van der Waals surface area contributed by atoms with E-state index in [9.17, 15) is 16.8 Å². The van der Waals surface area contributed by atoms with Gasteiger partial charge in [-0.15, -0.1) is 0 Å². The minimum absolute atomic E-state index is 0.0154. The molecule has 12 aromatic rings. The van der Waals surface area contributed by atoms with E-state index < -0.39 is 20.0 Å². The molecule has 2 saturated heterocycles. The van der Waals surface area contributed by atoms with Crippen molar-refractivity contribution in [3.63, 3.8) is 0 Å².